The molecule has 0 N–H and O–H groups in total. The zero-order chi connectivity index (χ0) is 17.1. The Hall–Kier alpha value is -2.48. The topological polar surface area (TPSA) is 84.6 Å². The summed E-state index contributed by atoms with van der Waals surface area (Å²) >= 11 is 0. The molecule has 0 bridgehead atoms. The minimum atomic E-state index is 0.0802. The summed E-state index contributed by atoms with van der Waals surface area (Å²) in [4.78, 5) is 25.0. The molecule has 0 spiro atoms. The molecule has 0 saturated carbocycles. The summed E-state index contributed by atoms with van der Waals surface area (Å²) in [5.41, 5.74) is 0.828. The number of ether oxygens (including phenoxy) is 1. The van der Waals surface area contributed by atoms with Crippen LogP contribution < -0.4 is 0 Å². The normalized spacial score (nSPS) is 21.4. The summed E-state index contributed by atoms with van der Waals surface area (Å²) in [6.07, 6.45) is 5.30. The SMILES string of the molecule is O=C(N1CCOCC1)N1CCCC(c2nc(-c3cccnc3)no2)C1. The van der Waals surface area contributed by atoms with Gasteiger partial charge in [0.05, 0.1) is 19.1 Å². The average Bonchev–Trinajstić information content (AvgIpc) is 3.19. The number of urea groups is 1. The quantitative estimate of drug-likeness (QED) is 0.826. The van der Waals surface area contributed by atoms with Gasteiger partial charge in [0.2, 0.25) is 11.7 Å². The number of hydrogen-bond acceptors (Lipinski definition) is 6. The van der Waals surface area contributed by atoms with Crippen molar-refractivity contribution < 1.29 is 14.1 Å². The van der Waals surface area contributed by atoms with Crippen LogP contribution in [0.2, 0.25) is 0 Å². The molecular weight excluding hydrogens is 322 g/mol. The smallest absolute Gasteiger partial charge is 0.320 e. The van der Waals surface area contributed by atoms with E-state index in [1.165, 1.54) is 0 Å². The Morgan fingerprint density at radius 2 is 2.08 bits per heavy atom. The molecule has 4 rings (SSSR count). The van der Waals surface area contributed by atoms with E-state index in [9.17, 15) is 4.79 Å². The first-order chi connectivity index (χ1) is 12.3. The van der Waals surface area contributed by atoms with Crippen molar-refractivity contribution in [3.8, 4) is 11.4 Å². The van der Waals surface area contributed by atoms with Crippen molar-refractivity contribution in [1.82, 2.24) is 24.9 Å². The van der Waals surface area contributed by atoms with Gasteiger partial charge in [-0.25, -0.2) is 4.79 Å². The predicted octanol–water partition coefficient (Wildman–Crippen LogP) is 1.76. The number of carbonyl (C=O) groups is 1. The van der Waals surface area contributed by atoms with E-state index in [0.29, 0.717) is 44.6 Å². The van der Waals surface area contributed by atoms with Gasteiger partial charge < -0.3 is 19.1 Å². The fourth-order valence-electron chi connectivity index (χ4n) is 3.32. The van der Waals surface area contributed by atoms with Gasteiger partial charge in [-0.15, -0.1) is 0 Å². The van der Waals surface area contributed by atoms with Crippen molar-refractivity contribution in [3.05, 3.63) is 30.4 Å². The molecule has 0 aromatic carbocycles. The summed E-state index contributed by atoms with van der Waals surface area (Å²) in [5.74, 6) is 1.22. The summed E-state index contributed by atoms with van der Waals surface area (Å²) in [6, 6.07) is 3.82. The highest BCUT2D eigenvalue weighted by atomic mass is 16.5. The van der Waals surface area contributed by atoms with Gasteiger partial charge in [0.25, 0.3) is 0 Å². The van der Waals surface area contributed by atoms with E-state index in [4.69, 9.17) is 9.26 Å². The molecule has 2 aliphatic heterocycles. The second-order valence-electron chi connectivity index (χ2n) is 6.37. The lowest BCUT2D eigenvalue weighted by Gasteiger charge is -2.36. The van der Waals surface area contributed by atoms with Gasteiger partial charge in [0, 0.05) is 44.1 Å². The van der Waals surface area contributed by atoms with Gasteiger partial charge in [-0.2, -0.15) is 4.98 Å². The number of likely N-dealkylation sites (tertiary alicyclic amines) is 1. The predicted molar refractivity (Wildman–Crippen MR) is 88.9 cm³/mol. The molecule has 2 saturated heterocycles. The Morgan fingerprint density at radius 1 is 1.20 bits per heavy atom. The highest BCUT2D eigenvalue weighted by molar-refractivity contribution is 5.74. The highest BCUT2D eigenvalue weighted by Crippen LogP contribution is 2.28. The number of pyridine rings is 1. The molecular formula is C17H21N5O3. The third-order valence-electron chi connectivity index (χ3n) is 4.68. The van der Waals surface area contributed by atoms with E-state index in [2.05, 4.69) is 15.1 Å². The molecule has 1 unspecified atom stereocenters. The standard InChI is InChI=1S/C17H21N5O3/c23-17(21-7-9-24-10-8-21)22-6-2-4-14(12-22)16-19-15(20-25-16)13-3-1-5-18-11-13/h1,3,5,11,14H,2,4,6-10,12H2. The number of morpholine rings is 1. The van der Waals surface area contributed by atoms with Crippen LogP contribution in [0, 0.1) is 0 Å². The summed E-state index contributed by atoms with van der Waals surface area (Å²) in [6.45, 7) is 3.93. The second-order valence-corrected chi connectivity index (χ2v) is 6.37. The van der Waals surface area contributed by atoms with Crippen LogP contribution in [-0.4, -0.2) is 70.3 Å². The molecule has 2 fully saturated rings. The maximum absolute atomic E-state index is 12.7. The number of hydrogen-bond donors (Lipinski definition) is 0. The van der Waals surface area contributed by atoms with E-state index in [-0.39, 0.29) is 11.9 Å². The fraction of sp³-hybridized carbons (Fsp3) is 0.529. The Morgan fingerprint density at radius 3 is 2.88 bits per heavy atom. The Bertz CT molecular complexity index is 714. The molecule has 8 heteroatoms. The summed E-state index contributed by atoms with van der Waals surface area (Å²) in [5, 5.41) is 4.06. The number of piperidine rings is 1. The summed E-state index contributed by atoms with van der Waals surface area (Å²) < 4.78 is 10.8. The second kappa shape index (κ2) is 7.18. The van der Waals surface area contributed by atoms with E-state index in [1.54, 1.807) is 12.4 Å². The maximum atomic E-state index is 12.7. The number of carbonyl (C=O) groups excluding carboxylic acids is 1. The average molecular weight is 343 g/mol. The lowest BCUT2D eigenvalue weighted by molar-refractivity contribution is 0.0403. The molecule has 132 valence electrons. The molecule has 8 nitrogen and oxygen atoms in total. The van der Waals surface area contributed by atoms with Crippen molar-refractivity contribution in [2.24, 2.45) is 0 Å². The monoisotopic (exact) mass is 343 g/mol. The third kappa shape index (κ3) is 3.48. The van der Waals surface area contributed by atoms with Crippen LogP contribution in [0.3, 0.4) is 0 Å². The van der Waals surface area contributed by atoms with Gasteiger partial charge >= 0.3 is 6.03 Å². The largest absolute Gasteiger partial charge is 0.378 e. The first kappa shape index (κ1) is 16.0. The molecule has 25 heavy (non-hydrogen) atoms. The van der Waals surface area contributed by atoms with Crippen LogP contribution in [-0.2, 0) is 4.74 Å². The first-order valence-corrected chi connectivity index (χ1v) is 8.67. The van der Waals surface area contributed by atoms with Crippen LogP contribution in [0.4, 0.5) is 4.79 Å². The minimum Gasteiger partial charge on any atom is -0.378 e. The van der Waals surface area contributed by atoms with Crippen LogP contribution in [0.15, 0.2) is 29.0 Å². The van der Waals surface area contributed by atoms with Gasteiger partial charge in [-0.3, -0.25) is 4.98 Å². The van der Waals surface area contributed by atoms with Crippen molar-refractivity contribution in [3.63, 3.8) is 0 Å². The number of aromatic nitrogens is 3. The maximum Gasteiger partial charge on any atom is 0.320 e. The van der Waals surface area contributed by atoms with Crippen LogP contribution in [0.25, 0.3) is 11.4 Å². The molecule has 0 aliphatic carbocycles. The molecule has 0 radical (unpaired) electrons. The summed E-state index contributed by atoms with van der Waals surface area (Å²) in [7, 11) is 0. The highest BCUT2D eigenvalue weighted by Gasteiger charge is 2.31. The molecule has 2 amide bonds. The van der Waals surface area contributed by atoms with E-state index in [0.717, 1.165) is 24.9 Å². The van der Waals surface area contributed by atoms with Crippen molar-refractivity contribution >= 4 is 6.03 Å². The van der Waals surface area contributed by atoms with Crippen molar-refractivity contribution in [2.45, 2.75) is 18.8 Å². The lowest BCUT2D eigenvalue weighted by Crippen LogP contribution is -2.50. The number of amides is 2. The Labute approximate surface area is 145 Å². The van der Waals surface area contributed by atoms with E-state index in [1.807, 2.05) is 21.9 Å². The van der Waals surface area contributed by atoms with E-state index < -0.39 is 0 Å². The van der Waals surface area contributed by atoms with Gasteiger partial charge in [0.1, 0.15) is 0 Å². The van der Waals surface area contributed by atoms with Crippen LogP contribution in [0.1, 0.15) is 24.7 Å². The fourth-order valence-corrected chi connectivity index (χ4v) is 3.32. The van der Waals surface area contributed by atoms with Crippen LogP contribution >= 0.6 is 0 Å². The Kier molecular flexibility index (Phi) is 4.60. The number of rotatable bonds is 2. The molecule has 2 aromatic heterocycles. The first-order valence-electron chi connectivity index (χ1n) is 8.67. The molecule has 4 heterocycles. The third-order valence-corrected chi connectivity index (χ3v) is 4.68. The van der Waals surface area contributed by atoms with Gasteiger partial charge in [0.15, 0.2) is 0 Å². The van der Waals surface area contributed by atoms with Gasteiger partial charge in [-0.1, -0.05) is 5.16 Å². The van der Waals surface area contributed by atoms with Crippen molar-refractivity contribution in [1.29, 1.82) is 0 Å². The zero-order valence-corrected chi connectivity index (χ0v) is 14.0. The molecule has 2 aromatic rings. The van der Waals surface area contributed by atoms with Crippen molar-refractivity contribution in [2.75, 3.05) is 39.4 Å². The van der Waals surface area contributed by atoms with E-state index >= 15 is 0 Å². The lowest BCUT2D eigenvalue weighted by atomic mass is 9.98. The van der Waals surface area contributed by atoms with Crippen LogP contribution in [0.5, 0.6) is 0 Å². The van der Waals surface area contributed by atoms with Gasteiger partial charge in [-0.05, 0) is 25.0 Å². The zero-order valence-electron chi connectivity index (χ0n) is 14.0. The number of nitrogens with zero attached hydrogens (tertiary/aromatic N) is 5. The Balaban J connectivity index is 1.44. The molecule has 2 aliphatic rings. The minimum absolute atomic E-state index is 0.0802. The molecule has 1 atom stereocenters.